The van der Waals surface area contributed by atoms with Gasteiger partial charge in [-0.3, -0.25) is 9.69 Å². The first-order valence-corrected chi connectivity index (χ1v) is 6.01. The molecule has 0 saturated heterocycles. The van der Waals surface area contributed by atoms with Crippen molar-refractivity contribution in [3.05, 3.63) is 28.8 Å². The molecule has 0 heterocycles. The maximum atomic E-state index is 10.5. The van der Waals surface area contributed by atoms with Crippen molar-refractivity contribution in [1.29, 1.82) is 0 Å². The molecule has 0 bridgehead atoms. The predicted octanol–water partition coefficient (Wildman–Crippen LogP) is 2.01. The molecule has 0 amide bonds. The summed E-state index contributed by atoms with van der Waals surface area (Å²) in [5, 5.41) is 8.64. The van der Waals surface area contributed by atoms with Gasteiger partial charge in [0.25, 0.3) is 0 Å². The quantitative estimate of drug-likeness (QED) is 0.840. The molecule has 0 aromatic heterocycles. The Morgan fingerprint density at radius 3 is 2.50 bits per heavy atom. The number of nitrogens with zero attached hydrogens (tertiary/aromatic N) is 1. The van der Waals surface area contributed by atoms with Gasteiger partial charge in [-0.2, -0.15) is 0 Å². The van der Waals surface area contributed by atoms with Crippen molar-refractivity contribution in [2.24, 2.45) is 0 Å². The van der Waals surface area contributed by atoms with E-state index in [0.717, 1.165) is 16.9 Å². The SMILES string of the molecule is Cc1ccc(C)c(OCCN(C)CC(=O)O)c1C. The number of carboxylic acid groups (broad SMARTS) is 1. The van der Waals surface area contributed by atoms with Crippen LogP contribution in [0.5, 0.6) is 5.75 Å². The Balaban J connectivity index is 2.54. The first kappa shape index (κ1) is 14.5. The number of carbonyl (C=O) groups is 1. The minimum atomic E-state index is -0.819. The highest BCUT2D eigenvalue weighted by molar-refractivity contribution is 5.68. The van der Waals surface area contributed by atoms with E-state index in [2.05, 4.69) is 13.0 Å². The van der Waals surface area contributed by atoms with Gasteiger partial charge in [-0.25, -0.2) is 0 Å². The molecule has 0 unspecified atom stereocenters. The van der Waals surface area contributed by atoms with Crippen molar-refractivity contribution in [1.82, 2.24) is 4.90 Å². The smallest absolute Gasteiger partial charge is 0.317 e. The van der Waals surface area contributed by atoms with Gasteiger partial charge in [-0.1, -0.05) is 12.1 Å². The standard InChI is InChI=1S/C14H21NO3/c1-10-5-6-11(2)14(12(10)3)18-8-7-15(4)9-13(16)17/h5-6H,7-9H2,1-4H3,(H,16,17). The Labute approximate surface area is 108 Å². The molecule has 0 aliphatic heterocycles. The van der Waals surface area contributed by atoms with E-state index in [1.165, 1.54) is 5.56 Å². The van der Waals surface area contributed by atoms with Crippen LogP contribution < -0.4 is 4.74 Å². The highest BCUT2D eigenvalue weighted by Crippen LogP contribution is 2.25. The fourth-order valence-electron chi connectivity index (χ4n) is 1.76. The van der Waals surface area contributed by atoms with E-state index in [1.54, 1.807) is 11.9 Å². The van der Waals surface area contributed by atoms with Gasteiger partial charge < -0.3 is 9.84 Å². The number of benzene rings is 1. The van der Waals surface area contributed by atoms with E-state index < -0.39 is 5.97 Å². The minimum absolute atomic E-state index is 0.0368. The predicted molar refractivity (Wildman–Crippen MR) is 71.3 cm³/mol. The molecule has 100 valence electrons. The average Bonchev–Trinajstić information content (AvgIpc) is 2.27. The fourth-order valence-corrected chi connectivity index (χ4v) is 1.76. The molecule has 1 aromatic carbocycles. The Morgan fingerprint density at radius 2 is 1.89 bits per heavy atom. The largest absolute Gasteiger partial charge is 0.492 e. The number of hydrogen-bond acceptors (Lipinski definition) is 3. The minimum Gasteiger partial charge on any atom is -0.492 e. The van der Waals surface area contributed by atoms with Crippen molar-refractivity contribution < 1.29 is 14.6 Å². The van der Waals surface area contributed by atoms with Crippen LogP contribution in [-0.2, 0) is 4.79 Å². The summed E-state index contributed by atoms with van der Waals surface area (Å²) in [7, 11) is 1.77. The molecule has 0 saturated carbocycles. The molecule has 4 nitrogen and oxygen atoms in total. The lowest BCUT2D eigenvalue weighted by Gasteiger charge is -2.17. The summed E-state index contributed by atoms with van der Waals surface area (Å²) in [4.78, 5) is 12.2. The molecule has 0 fully saturated rings. The van der Waals surface area contributed by atoms with Crippen LogP contribution in [-0.4, -0.2) is 42.7 Å². The molecule has 1 N–H and O–H groups in total. The van der Waals surface area contributed by atoms with E-state index in [0.29, 0.717) is 13.2 Å². The zero-order chi connectivity index (χ0) is 13.7. The second kappa shape index (κ2) is 6.40. The van der Waals surface area contributed by atoms with Gasteiger partial charge in [0.1, 0.15) is 12.4 Å². The highest BCUT2D eigenvalue weighted by atomic mass is 16.5. The van der Waals surface area contributed by atoms with Crippen molar-refractivity contribution in [3.63, 3.8) is 0 Å². The van der Waals surface area contributed by atoms with Crippen LogP contribution in [0.1, 0.15) is 16.7 Å². The maximum Gasteiger partial charge on any atom is 0.317 e. The molecular weight excluding hydrogens is 230 g/mol. The van der Waals surface area contributed by atoms with Crippen molar-refractivity contribution in [2.45, 2.75) is 20.8 Å². The van der Waals surface area contributed by atoms with Gasteiger partial charge in [-0.15, -0.1) is 0 Å². The zero-order valence-electron chi connectivity index (χ0n) is 11.5. The lowest BCUT2D eigenvalue weighted by molar-refractivity contribution is -0.138. The fraction of sp³-hybridized carbons (Fsp3) is 0.500. The molecule has 0 aliphatic rings. The van der Waals surface area contributed by atoms with Gasteiger partial charge in [0.15, 0.2) is 0 Å². The molecule has 4 heteroatoms. The first-order chi connectivity index (χ1) is 8.41. The van der Waals surface area contributed by atoms with Crippen LogP contribution >= 0.6 is 0 Å². The number of hydrogen-bond donors (Lipinski definition) is 1. The van der Waals surface area contributed by atoms with Gasteiger partial charge >= 0.3 is 5.97 Å². The Kier molecular flexibility index (Phi) is 5.16. The second-order valence-electron chi connectivity index (χ2n) is 4.63. The zero-order valence-corrected chi connectivity index (χ0v) is 11.5. The van der Waals surface area contributed by atoms with Crippen molar-refractivity contribution >= 4 is 5.97 Å². The Morgan fingerprint density at radius 1 is 1.28 bits per heavy atom. The summed E-state index contributed by atoms with van der Waals surface area (Å²) >= 11 is 0. The normalized spacial score (nSPS) is 10.7. The number of ether oxygens (including phenoxy) is 1. The Hall–Kier alpha value is -1.55. The third-order valence-electron chi connectivity index (χ3n) is 3.00. The summed E-state index contributed by atoms with van der Waals surface area (Å²) in [6, 6.07) is 4.12. The van der Waals surface area contributed by atoms with E-state index in [9.17, 15) is 4.79 Å². The topological polar surface area (TPSA) is 49.8 Å². The van der Waals surface area contributed by atoms with Gasteiger partial charge in [0, 0.05) is 6.54 Å². The van der Waals surface area contributed by atoms with E-state index in [-0.39, 0.29) is 6.54 Å². The first-order valence-electron chi connectivity index (χ1n) is 6.01. The van der Waals surface area contributed by atoms with E-state index in [1.807, 2.05) is 19.9 Å². The molecule has 18 heavy (non-hydrogen) atoms. The lowest BCUT2D eigenvalue weighted by Crippen LogP contribution is -2.29. The number of aryl methyl sites for hydroxylation is 2. The molecular formula is C14H21NO3. The van der Waals surface area contributed by atoms with Crippen LogP contribution in [0.15, 0.2) is 12.1 Å². The van der Waals surface area contributed by atoms with Gasteiger partial charge in [-0.05, 0) is 44.5 Å². The lowest BCUT2D eigenvalue weighted by atomic mass is 10.1. The third kappa shape index (κ3) is 4.04. The molecule has 0 spiro atoms. The summed E-state index contributed by atoms with van der Waals surface area (Å²) in [6.45, 7) is 7.24. The monoisotopic (exact) mass is 251 g/mol. The maximum absolute atomic E-state index is 10.5. The summed E-state index contributed by atoms with van der Waals surface area (Å²) in [6.07, 6.45) is 0. The van der Waals surface area contributed by atoms with Gasteiger partial charge in [0.05, 0.1) is 6.54 Å². The summed E-state index contributed by atoms with van der Waals surface area (Å²) in [5.74, 6) is 0.0964. The number of aliphatic carboxylic acids is 1. The molecule has 0 aliphatic carbocycles. The van der Waals surface area contributed by atoms with Crippen LogP contribution in [0, 0.1) is 20.8 Å². The van der Waals surface area contributed by atoms with Crippen molar-refractivity contribution in [3.8, 4) is 5.75 Å². The molecule has 0 radical (unpaired) electrons. The van der Waals surface area contributed by atoms with Crippen LogP contribution in [0.4, 0.5) is 0 Å². The third-order valence-corrected chi connectivity index (χ3v) is 3.00. The van der Waals surface area contributed by atoms with Crippen LogP contribution in [0.3, 0.4) is 0 Å². The molecule has 1 aromatic rings. The summed E-state index contributed by atoms with van der Waals surface area (Å²) in [5.41, 5.74) is 3.46. The second-order valence-corrected chi connectivity index (χ2v) is 4.63. The summed E-state index contributed by atoms with van der Waals surface area (Å²) < 4.78 is 5.77. The number of carboxylic acids is 1. The number of likely N-dealkylation sites (N-methyl/N-ethyl adjacent to an activating group) is 1. The highest BCUT2D eigenvalue weighted by Gasteiger charge is 2.08. The van der Waals surface area contributed by atoms with Crippen molar-refractivity contribution in [2.75, 3.05) is 26.7 Å². The molecule has 0 atom stereocenters. The van der Waals surface area contributed by atoms with Gasteiger partial charge in [0.2, 0.25) is 0 Å². The Bertz CT molecular complexity index is 429. The molecule has 1 rings (SSSR count). The van der Waals surface area contributed by atoms with Crippen LogP contribution in [0.25, 0.3) is 0 Å². The number of rotatable bonds is 6. The van der Waals surface area contributed by atoms with Crippen LogP contribution in [0.2, 0.25) is 0 Å². The average molecular weight is 251 g/mol. The van der Waals surface area contributed by atoms with E-state index in [4.69, 9.17) is 9.84 Å². The van der Waals surface area contributed by atoms with E-state index >= 15 is 0 Å².